The fourth-order valence-corrected chi connectivity index (χ4v) is 3.51. The van der Waals surface area contributed by atoms with Gasteiger partial charge in [0.05, 0.1) is 23.3 Å². The van der Waals surface area contributed by atoms with Crippen LogP contribution in [0, 0.1) is 4.91 Å². The van der Waals surface area contributed by atoms with Gasteiger partial charge in [-0.25, -0.2) is 4.98 Å². The predicted molar refractivity (Wildman–Crippen MR) is 116 cm³/mol. The maximum absolute atomic E-state index is 10.8. The zero-order valence-electron chi connectivity index (χ0n) is 16.7. The number of para-hydroxylation sites is 2. The molecule has 0 bridgehead atoms. The molecule has 0 aliphatic heterocycles. The topological polar surface area (TPSA) is 89.4 Å². The standard InChI is InChI=1S/C22H28N6O/c1-2-13-28-21-10-4-3-9-19(21)26-22(28)17-27(14-6-5-11-23)16-20-18(15-25-29)8-7-12-24-20/h2-4,7-10,12H,1,5-6,11,13-17,23H2. The molecule has 29 heavy (non-hydrogen) atoms. The van der Waals surface area contributed by atoms with Crippen LogP contribution in [-0.2, 0) is 26.2 Å². The fourth-order valence-electron chi connectivity index (χ4n) is 3.51. The number of unbranched alkanes of at least 4 members (excludes halogenated alkanes) is 1. The third-order valence-corrected chi connectivity index (χ3v) is 4.93. The van der Waals surface area contributed by atoms with Gasteiger partial charge in [-0.1, -0.05) is 29.5 Å². The molecule has 0 saturated heterocycles. The second-order valence-electron chi connectivity index (χ2n) is 7.02. The number of benzene rings is 1. The van der Waals surface area contributed by atoms with Crippen molar-refractivity contribution in [2.75, 3.05) is 13.1 Å². The summed E-state index contributed by atoms with van der Waals surface area (Å²) < 4.78 is 2.20. The van der Waals surface area contributed by atoms with E-state index in [1.165, 1.54) is 0 Å². The first-order valence-electron chi connectivity index (χ1n) is 9.96. The van der Waals surface area contributed by atoms with E-state index in [1.807, 2.05) is 36.4 Å². The van der Waals surface area contributed by atoms with Crippen molar-refractivity contribution in [1.82, 2.24) is 19.4 Å². The molecule has 0 spiro atoms. The molecule has 0 radical (unpaired) electrons. The predicted octanol–water partition coefficient (Wildman–Crippen LogP) is 3.62. The van der Waals surface area contributed by atoms with Gasteiger partial charge >= 0.3 is 0 Å². The maximum Gasteiger partial charge on any atom is 0.124 e. The Bertz CT molecular complexity index is 951. The number of hydrogen-bond acceptors (Lipinski definition) is 6. The van der Waals surface area contributed by atoms with E-state index in [0.29, 0.717) is 26.2 Å². The van der Waals surface area contributed by atoms with Crippen LogP contribution in [0.15, 0.2) is 60.4 Å². The zero-order valence-corrected chi connectivity index (χ0v) is 16.7. The first kappa shape index (κ1) is 20.8. The molecule has 0 atom stereocenters. The van der Waals surface area contributed by atoms with E-state index in [-0.39, 0.29) is 6.54 Å². The van der Waals surface area contributed by atoms with Crippen LogP contribution in [0.4, 0.5) is 0 Å². The Morgan fingerprint density at radius 1 is 1.17 bits per heavy atom. The molecule has 2 aromatic heterocycles. The van der Waals surface area contributed by atoms with E-state index in [2.05, 4.69) is 32.3 Å². The van der Waals surface area contributed by atoms with Crippen LogP contribution < -0.4 is 5.73 Å². The Hall–Kier alpha value is -2.90. The molecule has 3 rings (SSSR count). The first-order chi connectivity index (χ1) is 14.3. The van der Waals surface area contributed by atoms with E-state index in [4.69, 9.17) is 10.7 Å². The Labute approximate surface area is 171 Å². The summed E-state index contributed by atoms with van der Waals surface area (Å²) in [4.78, 5) is 22.5. The van der Waals surface area contributed by atoms with Gasteiger partial charge in [0.2, 0.25) is 0 Å². The molecule has 0 aliphatic rings. The SMILES string of the molecule is C=CCn1c(CN(CCCCN)Cc2ncccc2CN=O)nc2ccccc21. The van der Waals surface area contributed by atoms with Crippen LogP contribution in [0.5, 0.6) is 0 Å². The number of aromatic nitrogens is 3. The molecule has 2 N–H and O–H groups in total. The highest BCUT2D eigenvalue weighted by molar-refractivity contribution is 5.75. The minimum atomic E-state index is 0.134. The minimum Gasteiger partial charge on any atom is -0.330 e. The molecule has 0 fully saturated rings. The fraction of sp³-hybridized carbons (Fsp3) is 0.364. The van der Waals surface area contributed by atoms with Gasteiger partial charge in [0, 0.05) is 19.3 Å². The largest absolute Gasteiger partial charge is 0.330 e. The smallest absolute Gasteiger partial charge is 0.124 e. The number of pyridine rings is 1. The Morgan fingerprint density at radius 3 is 2.83 bits per heavy atom. The van der Waals surface area contributed by atoms with Crippen molar-refractivity contribution in [2.24, 2.45) is 10.9 Å². The number of hydrogen-bond donors (Lipinski definition) is 1. The van der Waals surface area contributed by atoms with Crippen LogP contribution >= 0.6 is 0 Å². The molecular formula is C22H28N6O. The van der Waals surface area contributed by atoms with Crippen LogP contribution in [0.2, 0.25) is 0 Å². The lowest BCUT2D eigenvalue weighted by Crippen LogP contribution is -2.27. The molecule has 3 aromatic rings. The number of nitrogens with zero attached hydrogens (tertiary/aromatic N) is 5. The van der Waals surface area contributed by atoms with E-state index in [9.17, 15) is 4.91 Å². The summed E-state index contributed by atoms with van der Waals surface area (Å²) in [6.07, 6.45) is 5.61. The summed E-state index contributed by atoms with van der Waals surface area (Å²) in [6, 6.07) is 11.9. The van der Waals surface area contributed by atoms with E-state index in [1.54, 1.807) is 6.20 Å². The number of nitrogens with two attached hydrogens (primary N) is 1. The van der Waals surface area contributed by atoms with Gasteiger partial charge in [0.25, 0.3) is 0 Å². The van der Waals surface area contributed by atoms with Gasteiger partial charge in [0.1, 0.15) is 12.4 Å². The van der Waals surface area contributed by atoms with Crippen LogP contribution in [0.1, 0.15) is 29.9 Å². The highest BCUT2D eigenvalue weighted by Gasteiger charge is 2.16. The summed E-state index contributed by atoms with van der Waals surface area (Å²) >= 11 is 0. The van der Waals surface area contributed by atoms with Gasteiger partial charge in [-0.3, -0.25) is 9.88 Å². The summed E-state index contributed by atoms with van der Waals surface area (Å²) in [5, 5.41) is 3.05. The minimum absolute atomic E-state index is 0.134. The number of allylic oxidation sites excluding steroid dienone is 1. The molecule has 7 heteroatoms. The summed E-state index contributed by atoms with van der Waals surface area (Å²) in [7, 11) is 0. The third-order valence-electron chi connectivity index (χ3n) is 4.93. The molecular weight excluding hydrogens is 364 g/mol. The molecule has 7 nitrogen and oxygen atoms in total. The van der Waals surface area contributed by atoms with E-state index >= 15 is 0 Å². The van der Waals surface area contributed by atoms with Crippen molar-refractivity contribution in [2.45, 2.75) is 39.0 Å². The molecule has 152 valence electrons. The molecule has 0 aliphatic carbocycles. The van der Waals surface area contributed by atoms with Crippen LogP contribution in [-0.4, -0.2) is 32.5 Å². The van der Waals surface area contributed by atoms with Crippen molar-refractivity contribution in [3.05, 3.63) is 77.2 Å². The Balaban J connectivity index is 1.88. The number of nitroso groups, excluding NO2 is 1. The third kappa shape index (κ3) is 5.34. The van der Waals surface area contributed by atoms with E-state index in [0.717, 1.165) is 47.5 Å². The molecule has 0 saturated carbocycles. The first-order valence-corrected chi connectivity index (χ1v) is 9.96. The monoisotopic (exact) mass is 392 g/mol. The molecule has 0 amide bonds. The number of rotatable bonds is 12. The van der Waals surface area contributed by atoms with Crippen molar-refractivity contribution in [3.8, 4) is 0 Å². The van der Waals surface area contributed by atoms with E-state index < -0.39 is 0 Å². The van der Waals surface area contributed by atoms with Gasteiger partial charge in [0.15, 0.2) is 0 Å². The maximum atomic E-state index is 10.8. The quantitative estimate of drug-likeness (QED) is 0.289. The molecule has 2 heterocycles. The summed E-state index contributed by atoms with van der Waals surface area (Å²) in [6.45, 7) is 7.59. The lowest BCUT2D eigenvalue weighted by molar-refractivity contribution is 0.239. The van der Waals surface area contributed by atoms with Crippen molar-refractivity contribution in [1.29, 1.82) is 0 Å². The van der Waals surface area contributed by atoms with Gasteiger partial charge in [-0.15, -0.1) is 6.58 Å². The van der Waals surface area contributed by atoms with Gasteiger partial charge in [-0.05, 0) is 49.7 Å². The average molecular weight is 393 g/mol. The molecule has 1 aromatic carbocycles. The Morgan fingerprint density at radius 2 is 2.03 bits per heavy atom. The van der Waals surface area contributed by atoms with Gasteiger partial charge in [-0.2, -0.15) is 4.91 Å². The number of imidazole rings is 1. The lowest BCUT2D eigenvalue weighted by Gasteiger charge is -2.23. The van der Waals surface area contributed by atoms with Crippen LogP contribution in [0.25, 0.3) is 11.0 Å². The second-order valence-corrected chi connectivity index (χ2v) is 7.02. The highest BCUT2D eigenvalue weighted by Crippen LogP contribution is 2.19. The van der Waals surface area contributed by atoms with Crippen molar-refractivity contribution >= 4 is 11.0 Å². The summed E-state index contributed by atoms with van der Waals surface area (Å²) in [5.41, 5.74) is 9.53. The average Bonchev–Trinajstić information content (AvgIpc) is 3.07. The summed E-state index contributed by atoms with van der Waals surface area (Å²) in [5.74, 6) is 0.991. The van der Waals surface area contributed by atoms with Crippen LogP contribution in [0.3, 0.4) is 0 Å². The van der Waals surface area contributed by atoms with Crippen molar-refractivity contribution in [3.63, 3.8) is 0 Å². The normalized spacial score (nSPS) is 11.2. The lowest BCUT2D eigenvalue weighted by atomic mass is 10.1. The Kier molecular flexibility index (Phi) is 7.61. The molecule has 0 unspecified atom stereocenters. The highest BCUT2D eigenvalue weighted by atomic mass is 16.3. The van der Waals surface area contributed by atoms with Gasteiger partial charge < -0.3 is 10.3 Å². The number of fused-ring (bicyclic) bond motifs is 1. The van der Waals surface area contributed by atoms with Crippen molar-refractivity contribution < 1.29 is 0 Å². The zero-order chi connectivity index (χ0) is 20.5. The second kappa shape index (κ2) is 10.6.